The van der Waals surface area contributed by atoms with Crippen LogP contribution in [0.25, 0.3) is 0 Å². The van der Waals surface area contributed by atoms with Crippen LogP contribution >= 0.6 is 0 Å². The van der Waals surface area contributed by atoms with E-state index in [2.05, 4.69) is 11.9 Å². The van der Waals surface area contributed by atoms with Gasteiger partial charge in [-0.3, -0.25) is 4.79 Å². The van der Waals surface area contributed by atoms with E-state index in [4.69, 9.17) is 9.47 Å². The molecule has 0 bridgehead atoms. The Labute approximate surface area is 136 Å². The fraction of sp³-hybridized carbons (Fsp3) is 0.588. The molecule has 0 N–H and O–H groups in total. The van der Waals surface area contributed by atoms with Crippen molar-refractivity contribution in [1.29, 1.82) is 0 Å². The number of aromatic nitrogens is 1. The molecule has 1 fully saturated rings. The van der Waals surface area contributed by atoms with E-state index < -0.39 is 5.97 Å². The summed E-state index contributed by atoms with van der Waals surface area (Å²) in [5.74, 6) is -0.112. The molecule has 1 aromatic heterocycles. The van der Waals surface area contributed by atoms with Crippen molar-refractivity contribution in [3.8, 4) is 5.88 Å². The first-order valence-electron chi connectivity index (χ1n) is 7.96. The van der Waals surface area contributed by atoms with E-state index in [1.54, 1.807) is 24.1 Å². The number of carbonyl (C=O) groups excluding carboxylic acids is 2. The van der Waals surface area contributed by atoms with Gasteiger partial charge in [-0.2, -0.15) is 0 Å². The first-order chi connectivity index (χ1) is 11.0. The maximum absolute atomic E-state index is 12.3. The second-order valence-corrected chi connectivity index (χ2v) is 5.97. The summed E-state index contributed by atoms with van der Waals surface area (Å²) < 4.78 is 10.2. The molecule has 1 amide bonds. The fourth-order valence-corrected chi connectivity index (χ4v) is 3.07. The van der Waals surface area contributed by atoms with Gasteiger partial charge in [-0.1, -0.05) is 19.8 Å². The number of pyridine rings is 1. The Hall–Kier alpha value is -2.11. The van der Waals surface area contributed by atoms with Crippen molar-refractivity contribution in [2.45, 2.75) is 38.6 Å². The first kappa shape index (κ1) is 17.2. The zero-order chi connectivity index (χ0) is 16.8. The molecule has 1 aliphatic carbocycles. The Balaban J connectivity index is 1.91. The van der Waals surface area contributed by atoms with Crippen LogP contribution in [0.4, 0.5) is 0 Å². The van der Waals surface area contributed by atoms with Crippen LogP contribution in [0.3, 0.4) is 0 Å². The van der Waals surface area contributed by atoms with Crippen LogP contribution in [0.1, 0.15) is 43.0 Å². The van der Waals surface area contributed by atoms with Gasteiger partial charge in [0.1, 0.15) is 5.56 Å². The van der Waals surface area contributed by atoms with E-state index in [0.29, 0.717) is 5.92 Å². The van der Waals surface area contributed by atoms with Gasteiger partial charge in [0.05, 0.1) is 7.11 Å². The van der Waals surface area contributed by atoms with Gasteiger partial charge in [0.25, 0.3) is 5.91 Å². The summed E-state index contributed by atoms with van der Waals surface area (Å²) in [6.45, 7) is 1.90. The molecule has 6 nitrogen and oxygen atoms in total. The van der Waals surface area contributed by atoms with Crippen LogP contribution < -0.4 is 4.74 Å². The molecule has 0 aliphatic heterocycles. The molecule has 1 aliphatic rings. The molecule has 0 spiro atoms. The van der Waals surface area contributed by atoms with Gasteiger partial charge in [-0.25, -0.2) is 9.78 Å². The summed E-state index contributed by atoms with van der Waals surface area (Å²) >= 11 is 0. The van der Waals surface area contributed by atoms with Gasteiger partial charge < -0.3 is 14.4 Å². The van der Waals surface area contributed by atoms with Gasteiger partial charge in [-0.05, 0) is 30.9 Å². The number of nitrogens with zero attached hydrogens (tertiary/aromatic N) is 2. The van der Waals surface area contributed by atoms with E-state index >= 15 is 0 Å². The number of esters is 1. The molecule has 1 heterocycles. The lowest BCUT2D eigenvalue weighted by atomic mass is 9.85. The Morgan fingerprint density at radius 1 is 1.35 bits per heavy atom. The van der Waals surface area contributed by atoms with E-state index in [9.17, 15) is 9.59 Å². The minimum Gasteiger partial charge on any atom is -0.480 e. The van der Waals surface area contributed by atoms with Crippen LogP contribution in [-0.4, -0.2) is 48.6 Å². The summed E-state index contributed by atoms with van der Waals surface area (Å²) in [6.07, 6.45) is 6.02. The molecule has 23 heavy (non-hydrogen) atoms. The Morgan fingerprint density at radius 3 is 2.78 bits per heavy atom. The number of likely N-dealkylation sites (N-methyl/N-ethyl adjacent to an activating group) is 1. The van der Waals surface area contributed by atoms with Crippen molar-refractivity contribution >= 4 is 11.9 Å². The van der Waals surface area contributed by atoms with Gasteiger partial charge in [0.15, 0.2) is 6.61 Å². The maximum atomic E-state index is 12.3. The monoisotopic (exact) mass is 320 g/mol. The smallest absolute Gasteiger partial charge is 0.344 e. The largest absolute Gasteiger partial charge is 0.480 e. The lowest BCUT2D eigenvalue weighted by molar-refractivity contribution is -0.136. The predicted molar refractivity (Wildman–Crippen MR) is 85.3 cm³/mol. The van der Waals surface area contributed by atoms with Crippen molar-refractivity contribution in [3.05, 3.63) is 23.9 Å². The van der Waals surface area contributed by atoms with E-state index in [-0.39, 0.29) is 30.0 Å². The van der Waals surface area contributed by atoms with Gasteiger partial charge in [0.2, 0.25) is 5.88 Å². The molecule has 2 rings (SSSR count). The van der Waals surface area contributed by atoms with Crippen molar-refractivity contribution in [2.24, 2.45) is 5.92 Å². The highest BCUT2D eigenvalue weighted by molar-refractivity contribution is 5.93. The van der Waals surface area contributed by atoms with Crippen molar-refractivity contribution in [3.63, 3.8) is 0 Å². The summed E-state index contributed by atoms with van der Waals surface area (Å²) in [7, 11) is 3.22. The molecule has 0 saturated heterocycles. The molecule has 6 heteroatoms. The number of hydrogen-bond donors (Lipinski definition) is 0. The number of ether oxygens (including phenoxy) is 2. The number of amides is 1. The molecule has 126 valence electrons. The van der Waals surface area contributed by atoms with Crippen LogP contribution in [0.2, 0.25) is 0 Å². The van der Waals surface area contributed by atoms with Crippen LogP contribution in [0, 0.1) is 5.92 Å². The fourth-order valence-electron chi connectivity index (χ4n) is 3.07. The lowest BCUT2D eigenvalue weighted by Crippen LogP contribution is -2.44. The predicted octanol–water partition coefficient (Wildman–Crippen LogP) is 2.28. The quantitative estimate of drug-likeness (QED) is 0.779. The van der Waals surface area contributed by atoms with Gasteiger partial charge in [-0.15, -0.1) is 0 Å². The molecular formula is C17H24N2O4. The van der Waals surface area contributed by atoms with Crippen molar-refractivity contribution < 1.29 is 19.1 Å². The molecular weight excluding hydrogens is 296 g/mol. The molecule has 1 saturated carbocycles. The minimum absolute atomic E-state index is 0.181. The summed E-state index contributed by atoms with van der Waals surface area (Å²) in [6, 6.07) is 3.41. The first-order valence-corrected chi connectivity index (χ1v) is 7.96. The third-order valence-electron chi connectivity index (χ3n) is 4.47. The Bertz CT molecular complexity index is 561. The topological polar surface area (TPSA) is 68.7 Å². The molecule has 0 unspecified atom stereocenters. The van der Waals surface area contributed by atoms with Crippen molar-refractivity contribution in [1.82, 2.24) is 9.88 Å². The zero-order valence-corrected chi connectivity index (χ0v) is 13.9. The third-order valence-corrected chi connectivity index (χ3v) is 4.47. The van der Waals surface area contributed by atoms with Gasteiger partial charge >= 0.3 is 5.97 Å². The Kier molecular flexibility index (Phi) is 5.96. The SMILES string of the molecule is COc1ncccc1C(=O)OCC(=O)N(C)[C@H]1CCCC[C@H]1C. The summed E-state index contributed by atoms with van der Waals surface area (Å²) in [5.41, 5.74) is 0.219. The second kappa shape index (κ2) is 7.94. The molecule has 2 atom stereocenters. The maximum Gasteiger partial charge on any atom is 0.344 e. The highest BCUT2D eigenvalue weighted by Gasteiger charge is 2.28. The molecule has 0 radical (unpaired) electrons. The second-order valence-electron chi connectivity index (χ2n) is 5.97. The number of rotatable bonds is 5. The zero-order valence-electron chi connectivity index (χ0n) is 13.9. The van der Waals surface area contributed by atoms with E-state index in [1.807, 2.05) is 0 Å². The highest BCUT2D eigenvalue weighted by atomic mass is 16.5. The van der Waals surface area contributed by atoms with E-state index in [1.165, 1.54) is 19.7 Å². The average Bonchev–Trinajstić information content (AvgIpc) is 2.59. The number of hydrogen-bond acceptors (Lipinski definition) is 5. The molecule has 1 aromatic rings. The van der Waals surface area contributed by atoms with Crippen LogP contribution in [-0.2, 0) is 9.53 Å². The average molecular weight is 320 g/mol. The third kappa shape index (κ3) is 4.21. The van der Waals surface area contributed by atoms with Gasteiger partial charge in [0, 0.05) is 19.3 Å². The summed E-state index contributed by atoms with van der Waals surface area (Å²) in [4.78, 5) is 30.0. The Morgan fingerprint density at radius 2 is 2.09 bits per heavy atom. The van der Waals surface area contributed by atoms with Crippen LogP contribution in [0.15, 0.2) is 18.3 Å². The summed E-state index contributed by atoms with van der Waals surface area (Å²) in [5, 5.41) is 0. The minimum atomic E-state index is -0.603. The normalized spacial score (nSPS) is 20.7. The van der Waals surface area contributed by atoms with Crippen LogP contribution in [0.5, 0.6) is 5.88 Å². The standard InChI is InChI=1S/C17H24N2O4/c1-12-7-4-5-9-14(12)19(2)15(20)11-23-17(21)13-8-6-10-18-16(13)22-3/h6,8,10,12,14H,4-5,7,9,11H2,1-3H3/t12-,14+/m1/s1. The highest BCUT2D eigenvalue weighted by Crippen LogP contribution is 2.27. The van der Waals surface area contributed by atoms with Crippen molar-refractivity contribution in [2.75, 3.05) is 20.8 Å². The lowest BCUT2D eigenvalue weighted by Gasteiger charge is -2.36. The number of carbonyl (C=O) groups is 2. The van der Waals surface area contributed by atoms with E-state index in [0.717, 1.165) is 19.3 Å². The number of methoxy groups -OCH3 is 1. The molecule has 0 aromatic carbocycles.